The maximum Gasteiger partial charge on any atom is 0.0886 e. The molecule has 0 saturated carbocycles. The molecule has 3 heteroatoms. The first kappa shape index (κ1) is 10.4. The van der Waals surface area contributed by atoms with E-state index >= 15 is 0 Å². The molecule has 13 heavy (non-hydrogen) atoms. The first-order valence-electron chi connectivity index (χ1n) is 4.32. The lowest BCUT2D eigenvalue weighted by molar-refractivity contribution is 0.637. The lowest BCUT2D eigenvalue weighted by Gasteiger charge is -2.10. The molecule has 1 unspecified atom stereocenters. The van der Waals surface area contributed by atoms with E-state index in [1.807, 2.05) is 25.1 Å². The summed E-state index contributed by atoms with van der Waals surface area (Å²) in [6, 6.07) is 10.5. The molecule has 2 atom stereocenters. The van der Waals surface area contributed by atoms with Crippen molar-refractivity contribution in [2.45, 2.75) is 19.4 Å². The molecule has 1 rings (SSSR count). The summed E-state index contributed by atoms with van der Waals surface area (Å²) in [5, 5.41) is 0. The summed E-state index contributed by atoms with van der Waals surface area (Å²) in [6.07, 6.45) is 2.57. The molecular weight excluding hydrogens is 182 g/mol. The second-order valence-corrected chi connectivity index (χ2v) is 4.31. The Balaban J connectivity index is 2.45. The third-order valence-corrected chi connectivity index (χ3v) is 2.49. The van der Waals surface area contributed by atoms with Crippen molar-refractivity contribution in [2.24, 2.45) is 0 Å². The van der Waals surface area contributed by atoms with E-state index in [4.69, 9.17) is 0 Å². The quantitative estimate of drug-likeness (QED) is 0.778. The standard InChI is InChI=1S/C10H15NOS/c1-9(11-13(2)12)8-10-6-4-3-5-7-10/h3-7,9,11H,8H2,1-2H3/t9-,13?/m1/s1. The van der Waals surface area contributed by atoms with Gasteiger partial charge in [-0.05, 0) is 18.9 Å². The van der Waals surface area contributed by atoms with E-state index in [1.54, 1.807) is 6.26 Å². The number of hydrogen-bond acceptors (Lipinski definition) is 1. The van der Waals surface area contributed by atoms with Gasteiger partial charge in [-0.2, -0.15) is 0 Å². The van der Waals surface area contributed by atoms with Crippen LogP contribution < -0.4 is 4.72 Å². The van der Waals surface area contributed by atoms with Crippen molar-refractivity contribution in [1.82, 2.24) is 4.72 Å². The summed E-state index contributed by atoms with van der Waals surface area (Å²) in [5.41, 5.74) is 1.27. The predicted molar refractivity (Wildman–Crippen MR) is 56.8 cm³/mol. The Labute approximate surface area is 82.0 Å². The molecule has 0 aromatic heterocycles. The Morgan fingerprint density at radius 2 is 2.00 bits per heavy atom. The van der Waals surface area contributed by atoms with E-state index in [-0.39, 0.29) is 6.04 Å². The minimum absolute atomic E-state index is 0.258. The van der Waals surface area contributed by atoms with Crippen molar-refractivity contribution in [2.75, 3.05) is 6.26 Å². The first-order valence-corrected chi connectivity index (χ1v) is 5.88. The van der Waals surface area contributed by atoms with E-state index in [2.05, 4.69) is 16.9 Å². The average molecular weight is 197 g/mol. The molecular formula is C10H15NOS. The van der Waals surface area contributed by atoms with Crippen molar-refractivity contribution in [3.63, 3.8) is 0 Å². The zero-order valence-electron chi connectivity index (χ0n) is 7.99. The highest BCUT2D eigenvalue weighted by Gasteiger charge is 2.03. The fourth-order valence-electron chi connectivity index (χ4n) is 1.29. The van der Waals surface area contributed by atoms with Crippen molar-refractivity contribution in [3.8, 4) is 0 Å². The van der Waals surface area contributed by atoms with Crippen LogP contribution in [0.15, 0.2) is 30.3 Å². The van der Waals surface area contributed by atoms with E-state index in [0.717, 1.165) is 6.42 Å². The normalized spacial score (nSPS) is 15.2. The number of hydrogen-bond donors (Lipinski definition) is 1. The molecule has 0 aliphatic rings. The molecule has 2 nitrogen and oxygen atoms in total. The fraction of sp³-hybridized carbons (Fsp3) is 0.400. The highest BCUT2D eigenvalue weighted by atomic mass is 32.2. The van der Waals surface area contributed by atoms with Gasteiger partial charge in [-0.1, -0.05) is 30.3 Å². The van der Waals surface area contributed by atoms with Gasteiger partial charge in [0.15, 0.2) is 0 Å². The maximum absolute atomic E-state index is 10.8. The van der Waals surface area contributed by atoms with Crippen LogP contribution in [0.4, 0.5) is 0 Å². The fourth-order valence-corrected chi connectivity index (χ4v) is 1.94. The monoisotopic (exact) mass is 197 g/mol. The molecule has 0 fully saturated rings. The summed E-state index contributed by atoms with van der Waals surface area (Å²) in [7, 11) is -0.919. The second kappa shape index (κ2) is 5.14. The van der Waals surface area contributed by atoms with Crippen LogP contribution in [0.2, 0.25) is 0 Å². The molecule has 0 heterocycles. The van der Waals surface area contributed by atoms with Crippen molar-refractivity contribution < 1.29 is 4.21 Å². The van der Waals surface area contributed by atoms with Gasteiger partial charge in [-0.15, -0.1) is 0 Å². The smallest absolute Gasteiger partial charge is 0.0886 e. The van der Waals surface area contributed by atoms with E-state index in [0.29, 0.717) is 0 Å². The number of benzene rings is 1. The van der Waals surface area contributed by atoms with Gasteiger partial charge < -0.3 is 0 Å². The van der Waals surface area contributed by atoms with Gasteiger partial charge in [0.05, 0.1) is 11.0 Å². The predicted octanol–water partition coefficient (Wildman–Crippen LogP) is 1.50. The molecule has 1 N–H and O–H groups in total. The number of rotatable bonds is 4. The minimum Gasteiger partial charge on any atom is -0.243 e. The molecule has 0 aliphatic carbocycles. The van der Waals surface area contributed by atoms with E-state index in [1.165, 1.54) is 5.56 Å². The highest BCUT2D eigenvalue weighted by molar-refractivity contribution is 7.82. The van der Waals surface area contributed by atoms with Crippen LogP contribution in [-0.2, 0) is 17.4 Å². The lowest BCUT2D eigenvalue weighted by Crippen LogP contribution is -2.29. The van der Waals surface area contributed by atoms with Gasteiger partial charge in [0.25, 0.3) is 0 Å². The molecule has 0 radical (unpaired) electrons. The van der Waals surface area contributed by atoms with Crippen LogP contribution in [0.1, 0.15) is 12.5 Å². The summed E-state index contributed by atoms with van der Waals surface area (Å²) >= 11 is 0. The number of nitrogens with one attached hydrogen (secondary N) is 1. The molecule has 1 aromatic rings. The van der Waals surface area contributed by atoms with Gasteiger partial charge in [-0.25, -0.2) is 8.93 Å². The Bertz CT molecular complexity index is 274. The second-order valence-electron chi connectivity index (χ2n) is 3.16. The van der Waals surface area contributed by atoms with Crippen LogP contribution in [0.25, 0.3) is 0 Å². The van der Waals surface area contributed by atoms with E-state index in [9.17, 15) is 4.21 Å². The molecule has 0 spiro atoms. The molecule has 1 aromatic carbocycles. The molecule has 72 valence electrons. The van der Waals surface area contributed by atoms with Gasteiger partial charge in [-0.3, -0.25) is 0 Å². The first-order chi connectivity index (χ1) is 6.18. The van der Waals surface area contributed by atoms with Crippen LogP contribution >= 0.6 is 0 Å². The molecule has 0 amide bonds. The van der Waals surface area contributed by atoms with Crippen molar-refractivity contribution >= 4 is 11.0 Å². The maximum atomic E-state index is 10.8. The van der Waals surface area contributed by atoms with Crippen LogP contribution in [-0.4, -0.2) is 16.5 Å². The van der Waals surface area contributed by atoms with Gasteiger partial charge in [0.2, 0.25) is 0 Å². The van der Waals surface area contributed by atoms with Gasteiger partial charge in [0, 0.05) is 12.3 Å². The zero-order valence-corrected chi connectivity index (χ0v) is 8.80. The third-order valence-electron chi connectivity index (χ3n) is 1.75. The van der Waals surface area contributed by atoms with E-state index < -0.39 is 11.0 Å². The van der Waals surface area contributed by atoms with Crippen LogP contribution in [0.5, 0.6) is 0 Å². The molecule has 0 bridgehead atoms. The SMILES string of the molecule is C[C@H](Cc1ccccc1)NS(C)=O. The minimum atomic E-state index is -0.919. The van der Waals surface area contributed by atoms with Crippen LogP contribution in [0, 0.1) is 0 Å². The Morgan fingerprint density at radius 3 is 2.54 bits per heavy atom. The topological polar surface area (TPSA) is 29.1 Å². The Hall–Kier alpha value is -0.670. The lowest BCUT2D eigenvalue weighted by atomic mass is 10.1. The molecule has 0 aliphatic heterocycles. The van der Waals surface area contributed by atoms with Gasteiger partial charge >= 0.3 is 0 Å². The summed E-state index contributed by atoms with van der Waals surface area (Å²) in [6.45, 7) is 2.04. The Kier molecular flexibility index (Phi) is 4.12. The van der Waals surface area contributed by atoms with Crippen LogP contribution in [0.3, 0.4) is 0 Å². The summed E-state index contributed by atoms with van der Waals surface area (Å²) < 4.78 is 13.8. The van der Waals surface area contributed by atoms with Crippen molar-refractivity contribution in [1.29, 1.82) is 0 Å². The molecule has 0 saturated heterocycles. The largest absolute Gasteiger partial charge is 0.243 e. The summed E-state index contributed by atoms with van der Waals surface area (Å²) in [5.74, 6) is 0. The van der Waals surface area contributed by atoms with Gasteiger partial charge in [0.1, 0.15) is 0 Å². The average Bonchev–Trinajstić information content (AvgIpc) is 2.04. The third kappa shape index (κ3) is 4.20. The van der Waals surface area contributed by atoms with Crippen molar-refractivity contribution in [3.05, 3.63) is 35.9 Å². The highest BCUT2D eigenvalue weighted by Crippen LogP contribution is 2.02. The Morgan fingerprint density at radius 1 is 1.38 bits per heavy atom. The zero-order chi connectivity index (χ0) is 9.68. The summed E-state index contributed by atoms with van der Waals surface area (Å²) in [4.78, 5) is 0.